The largest absolute Gasteiger partial charge is 0.493 e. The van der Waals surface area contributed by atoms with Gasteiger partial charge in [0.25, 0.3) is 0 Å². The SMILES string of the molecule is CCSCCCOc1ccc(C(C)NC)cc1C. The summed E-state index contributed by atoms with van der Waals surface area (Å²) in [7, 11) is 1.98. The van der Waals surface area contributed by atoms with Crippen molar-refractivity contribution < 1.29 is 4.74 Å². The lowest BCUT2D eigenvalue weighted by atomic mass is 10.1. The van der Waals surface area contributed by atoms with E-state index in [1.54, 1.807) is 0 Å². The predicted octanol–water partition coefficient (Wildman–Crippen LogP) is 3.80. The maximum Gasteiger partial charge on any atom is 0.122 e. The van der Waals surface area contributed by atoms with E-state index in [-0.39, 0.29) is 0 Å². The number of thioether (sulfide) groups is 1. The van der Waals surface area contributed by atoms with Gasteiger partial charge < -0.3 is 10.1 Å². The van der Waals surface area contributed by atoms with E-state index in [0.717, 1.165) is 18.8 Å². The Morgan fingerprint density at radius 2 is 2.17 bits per heavy atom. The molecule has 0 bridgehead atoms. The summed E-state index contributed by atoms with van der Waals surface area (Å²) in [4.78, 5) is 0. The minimum atomic E-state index is 0.388. The number of nitrogens with one attached hydrogen (secondary N) is 1. The molecule has 18 heavy (non-hydrogen) atoms. The zero-order valence-electron chi connectivity index (χ0n) is 12.0. The molecule has 1 aromatic carbocycles. The quantitative estimate of drug-likeness (QED) is 0.724. The van der Waals surface area contributed by atoms with E-state index < -0.39 is 0 Å². The van der Waals surface area contributed by atoms with Crippen LogP contribution in [0.25, 0.3) is 0 Å². The van der Waals surface area contributed by atoms with Crippen LogP contribution in [-0.2, 0) is 0 Å². The molecule has 0 aliphatic rings. The van der Waals surface area contributed by atoms with Crippen molar-refractivity contribution >= 4 is 11.8 Å². The van der Waals surface area contributed by atoms with Crippen LogP contribution < -0.4 is 10.1 Å². The fourth-order valence-corrected chi connectivity index (χ4v) is 2.37. The van der Waals surface area contributed by atoms with E-state index in [4.69, 9.17) is 4.74 Å². The van der Waals surface area contributed by atoms with E-state index in [1.807, 2.05) is 18.8 Å². The lowest BCUT2D eigenvalue weighted by Gasteiger charge is -2.14. The summed E-state index contributed by atoms with van der Waals surface area (Å²) in [5.74, 6) is 3.39. The van der Waals surface area contributed by atoms with Gasteiger partial charge >= 0.3 is 0 Å². The second kappa shape index (κ2) is 8.44. The van der Waals surface area contributed by atoms with Crippen molar-refractivity contribution in [2.45, 2.75) is 33.2 Å². The zero-order valence-corrected chi connectivity index (χ0v) is 12.8. The van der Waals surface area contributed by atoms with Gasteiger partial charge in [0.05, 0.1) is 6.61 Å². The Hall–Kier alpha value is -0.670. The van der Waals surface area contributed by atoms with Gasteiger partial charge in [0, 0.05) is 6.04 Å². The molecule has 102 valence electrons. The van der Waals surface area contributed by atoms with Crippen LogP contribution in [0.5, 0.6) is 5.75 Å². The number of hydrogen-bond acceptors (Lipinski definition) is 3. The molecule has 0 aliphatic heterocycles. The number of aryl methyl sites for hydroxylation is 1. The van der Waals surface area contributed by atoms with E-state index >= 15 is 0 Å². The summed E-state index contributed by atoms with van der Waals surface area (Å²) in [6.07, 6.45) is 1.12. The smallest absolute Gasteiger partial charge is 0.122 e. The Bertz CT molecular complexity index is 354. The fraction of sp³-hybridized carbons (Fsp3) is 0.600. The Kier molecular flexibility index (Phi) is 7.21. The van der Waals surface area contributed by atoms with Crippen LogP contribution in [0.2, 0.25) is 0 Å². The number of rotatable bonds is 8. The molecule has 0 heterocycles. The minimum Gasteiger partial charge on any atom is -0.493 e. The fourth-order valence-electron chi connectivity index (χ4n) is 1.76. The molecule has 3 heteroatoms. The van der Waals surface area contributed by atoms with Crippen LogP contribution in [-0.4, -0.2) is 25.2 Å². The predicted molar refractivity (Wildman–Crippen MR) is 81.8 cm³/mol. The molecule has 1 aromatic rings. The molecular weight excluding hydrogens is 242 g/mol. The molecule has 0 aliphatic carbocycles. The third kappa shape index (κ3) is 4.91. The van der Waals surface area contributed by atoms with Crippen LogP contribution >= 0.6 is 11.8 Å². The van der Waals surface area contributed by atoms with Gasteiger partial charge in [-0.25, -0.2) is 0 Å². The molecule has 1 N–H and O–H groups in total. The first-order valence-electron chi connectivity index (χ1n) is 6.67. The lowest BCUT2D eigenvalue weighted by molar-refractivity contribution is 0.316. The minimum absolute atomic E-state index is 0.388. The van der Waals surface area contributed by atoms with Crippen molar-refractivity contribution in [2.24, 2.45) is 0 Å². The topological polar surface area (TPSA) is 21.3 Å². The van der Waals surface area contributed by atoms with E-state index in [1.165, 1.54) is 22.6 Å². The second-order valence-electron chi connectivity index (χ2n) is 4.43. The van der Waals surface area contributed by atoms with Crippen molar-refractivity contribution in [1.82, 2.24) is 5.32 Å². The van der Waals surface area contributed by atoms with Crippen LogP contribution in [0, 0.1) is 6.92 Å². The van der Waals surface area contributed by atoms with Gasteiger partial charge in [-0.05, 0) is 56.0 Å². The molecule has 1 unspecified atom stereocenters. The van der Waals surface area contributed by atoms with Gasteiger partial charge in [-0.1, -0.05) is 19.1 Å². The lowest BCUT2D eigenvalue weighted by Crippen LogP contribution is -2.12. The second-order valence-corrected chi connectivity index (χ2v) is 5.83. The third-order valence-electron chi connectivity index (χ3n) is 3.03. The highest BCUT2D eigenvalue weighted by Gasteiger charge is 2.05. The average molecular weight is 267 g/mol. The Balaban J connectivity index is 2.47. The molecular formula is C15H25NOS. The maximum atomic E-state index is 5.82. The Morgan fingerprint density at radius 1 is 1.39 bits per heavy atom. The first kappa shape index (κ1) is 15.4. The number of benzene rings is 1. The summed E-state index contributed by atoms with van der Waals surface area (Å²) in [5.41, 5.74) is 2.53. The first-order valence-corrected chi connectivity index (χ1v) is 7.82. The van der Waals surface area contributed by atoms with Crippen molar-refractivity contribution in [3.63, 3.8) is 0 Å². The Morgan fingerprint density at radius 3 is 2.78 bits per heavy atom. The summed E-state index contributed by atoms with van der Waals surface area (Å²) >= 11 is 1.97. The van der Waals surface area contributed by atoms with Gasteiger partial charge in [-0.15, -0.1) is 0 Å². The summed E-state index contributed by atoms with van der Waals surface area (Å²) in [6.45, 7) is 7.28. The molecule has 0 saturated heterocycles. The molecule has 1 rings (SSSR count). The molecule has 0 fully saturated rings. The van der Waals surface area contributed by atoms with Gasteiger partial charge in [-0.2, -0.15) is 11.8 Å². The molecule has 0 aromatic heterocycles. The molecule has 1 atom stereocenters. The van der Waals surface area contributed by atoms with Gasteiger partial charge in [0.1, 0.15) is 5.75 Å². The van der Waals surface area contributed by atoms with Crippen molar-refractivity contribution in [1.29, 1.82) is 0 Å². The highest BCUT2D eigenvalue weighted by molar-refractivity contribution is 7.99. The highest BCUT2D eigenvalue weighted by Crippen LogP contribution is 2.22. The Labute approximate surface area is 116 Å². The van der Waals surface area contributed by atoms with E-state index in [2.05, 4.69) is 44.3 Å². The number of ether oxygens (including phenoxy) is 1. The van der Waals surface area contributed by atoms with Gasteiger partial charge in [0.2, 0.25) is 0 Å². The van der Waals surface area contributed by atoms with Crippen molar-refractivity contribution in [3.8, 4) is 5.75 Å². The molecule has 0 amide bonds. The normalized spacial score (nSPS) is 12.4. The first-order chi connectivity index (χ1) is 8.69. The summed E-state index contributed by atoms with van der Waals surface area (Å²) in [6, 6.07) is 6.83. The van der Waals surface area contributed by atoms with Crippen LogP contribution in [0.3, 0.4) is 0 Å². The molecule has 0 saturated carbocycles. The highest BCUT2D eigenvalue weighted by atomic mass is 32.2. The van der Waals surface area contributed by atoms with Crippen LogP contribution in [0.1, 0.15) is 37.4 Å². The summed E-state index contributed by atoms with van der Waals surface area (Å²) in [5, 5.41) is 3.25. The monoisotopic (exact) mass is 267 g/mol. The molecule has 0 radical (unpaired) electrons. The van der Waals surface area contributed by atoms with E-state index in [0.29, 0.717) is 6.04 Å². The van der Waals surface area contributed by atoms with E-state index in [9.17, 15) is 0 Å². The van der Waals surface area contributed by atoms with Gasteiger partial charge in [0.15, 0.2) is 0 Å². The molecule has 2 nitrogen and oxygen atoms in total. The molecule has 0 spiro atoms. The standard InChI is InChI=1S/C15H25NOS/c1-5-18-10-6-9-17-15-8-7-14(11-12(15)2)13(3)16-4/h7-8,11,13,16H,5-6,9-10H2,1-4H3. The van der Waals surface area contributed by atoms with Crippen molar-refractivity contribution in [2.75, 3.05) is 25.2 Å². The zero-order chi connectivity index (χ0) is 13.4. The third-order valence-corrected chi connectivity index (χ3v) is 4.01. The summed E-state index contributed by atoms with van der Waals surface area (Å²) < 4.78 is 5.82. The number of hydrogen-bond donors (Lipinski definition) is 1. The van der Waals surface area contributed by atoms with Gasteiger partial charge in [-0.3, -0.25) is 0 Å². The average Bonchev–Trinajstić information content (AvgIpc) is 2.39. The van der Waals surface area contributed by atoms with Crippen LogP contribution in [0.4, 0.5) is 0 Å². The maximum absolute atomic E-state index is 5.82. The van der Waals surface area contributed by atoms with Crippen LogP contribution in [0.15, 0.2) is 18.2 Å². The van der Waals surface area contributed by atoms with Crippen molar-refractivity contribution in [3.05, 3.63) is 29.3 Å².